The maximum Gasteiger partial charge on any atom is 0.0852 e. The van der Waals surface area contributed by atoms with Crippen LogP contribution in [0.25, 0.3) is 0 Å². The Hall–Kier alpha value is -0.280. The van der Waals surface area contributed by atoms with Crippen LogP contribution < -0.4 is 0 Å². The Balaban J connectivity index is 2.65. The van der Waals surface area contributed by atoms with E-state index in [1.807, 2.05) is 6.92 Å². The van der Waals surface area contributed by atoms with Gasteiger partial charge in [-0.2, -0.15) is 0 Å². The summed E-state index contributed by atoms with van der Waals surface area (Å²) in [5.74, 6) is 0. The summed E-state index contributed by atoms with van der Waals surface area (Å²) < 4.78 is 0. The first-order valence-corrected chi connectivity index (χ1v) is 2.51. The number of hydrogen-bond donors (Lipinski definition) is 1. The van der Waals surface area contributed by atoms with Crippen LogP contribution in [-0.2, 0) is 30.1 Å². The lowest BCUT2D eigenvalue weighted by atomic mass is 10.5. The van der Waals surface area contributed by atoms with Crippen molar-refractivity contribution in [3.05, 3.63) is 0 Å². The summed E-state index contributed by atoms with van der Waals surface area (Å²) in [5, 5.41) is 24.7. The largest absolute Gasteiger partial charge is 0.219 e. The number of hydrogen-bond acceptors (Lipinski definition) is 7. The van der Waals surface area contributed by atoms with Gasteiger partial charge in [0.2, 0.25) is 0 Å². The maximum absolute atomic E-state index is 7.45. The minimum absolute atomic E-state index is 0.351. The molecule has 0 atom stereocenters. The Bertz CT molecular complexity index is 48.8. The standard InChI is InChI=1S/C3H8O7/c1-2-3-5-7-9-10-8-6-4/h4H,2-3H2,1H3. The molecule has 7 heteroatoms. The third kappa shape index (κ3) is 7.72. The fraction of sp³-hybridized carbons (Fsp3) is 1.00. The van der Waals surface area contributed by atoms with Gasteiger partial charge in [-0.3, -0.25) is 0 Å². The van der Waals surface area contributed by atoms with E-state index in [1.54, 1.807) is 0 Å². The molecule has 0 saturated carbocycles. The molecule has 0 radical (unpaired) electrons. The lowest BCUT2D eigenvalue weighted by Crippen LogP contribution is -1.99. The monoisotopic (exact) mass is 156 g/mol. The molecule has 0 bridgehead atoms. The van der Waals surface area contributed by atoms with Crippen molar-refractivity contribution in [1.29, 1.82) is 0 Å². The zero-order valence-corrected chi connectivity index (χ0v) is 5.31. The molecule has 0 spiro atoms. The molecule has 0 heterocycles. The van der Waals surface area contributed by atoms with Gasteiger partial charge < -0.3 is 0 Å². The van der Waals surface area contributed by atoms with Gasteiger partial charge in [-0.05, 0) is 31.6 Å². The van der Waals surface area contributed by atoms with E-state index in [4.69, 9.17) is 5.26 Å². The molecule has 0 aromatic rings. The quantitative estimate of drug-likeness (QED) is 0.327. The van der Waals surface area contributed by atoms with E-state index in [0.717, 1.165) is 6.42 Å². The molecule has 0 saturated heterocycles. The molecule has 0 aliphatic rings. The Morgan fingerprint density at radius 2 is 1.80 bits per heavy atom. The molecule has 0 unspecified atom stereocenters. The van der Waals surface area contributed by atoms with Gasteiger partial charge in [-0.1, -0.05) is 6.92 Å². The van der Waals surface area contributed by atoms with E-state index in [1.165, 1.54) is 0 Å². The average Bonchev–Trinajstić information content (AvgIpc) is 1.97. The highest BCUT2D eigenvalue weighted by Crippen LogP contribution is 1.86. The van der Waals surface area contributed by atoms with E-state index in [9.17, 15) is 0 Å². The van der Waals surface area contributed by atoms with Crippen LogP contribution in [0.2, 0.25) is 0 Å². The van der Waals surface area contributed by atoms with Crippen molar-refractivity contribution in [2.24, 2.45) is 0 Å². The van der Waals surface area contributed by atoms with Crippen molar-refractivity contribution in [3.8, 4) is 0 Å². The smallest absolute Gasteiger partial charge is 0.0852 e. The average molecular weight is 156 g/mol. The van der Waals surface area contributed by atoms with Gasteiger partial charge in [0.05, 0.1) is 6.61 Å². The summed E-state index contributed by atoms with van der Waals surface area (Å²) in [7, 11) is 0. The van der Waals surface area contributed by atoms with Crippen molar-refractivity contribution in [3.63, 3.8) is 0 Å². The highest BCUT2D eigenvalue weighted by Gasteiger charge is 1.89. The second kappa shape index (κ2) is 8.72. The third-order valence-corrected chi connectivity index (χ3v) is 0.449. The summed E-state index contributed by atoms with van der Waals surface area (Å²) in [5.41, 5.74) is 0. The van der Waals surface area contributed by atoms with Crippen LogP contribution in [0.5, 0.6) is 0 Å². The van der Waals surface area contributed by atoms with Crippen molar-refractivity contribution < 1.29 is 35.3 Å². The molecule has 0 aliphatic carbocycles. The summed E-state index contributed by atoms with van der Waals surface area (Å²) in [6, 6.07) is 0. The Morgan fingerprint density at radius 3 is 2.40 bits per heavy atom. The fourth-order valence-electron chi connectivity index (χ4n) is 0.172. The molecule has 0 aromatic heterocycles. The SMILES string of the molecule is CCCOOOOOOO. The Morgan fingerprint density at radius 1 is 1.10 bits per heavy atom. The normalized spacial score (nSPS) is 10.2. The minimum atomic E-state index is 0.351. The summed E-state index contributed by atoms with van der Waals surface area (Å²) in [6.45, 7) is 2.22. The fourth-order valence-corrected chi connectivity index (χ4v) is 0.172. The first-order valence-electron chi connectivity index (χ1n) is 2.51. The molecule has 1 N–H and O–H groups in total. The van der Waals surface area contributed by atoms with E-state index >= 15 is 0 Å². The van der Waals surface area contributed by atoms with Crippen molar-refractivity contribution in [1.82, 2.24) is 0 Å². The first kappa shape index (κ1) is 9.72. The van der Waals surface area contributed by atoms with Gasteiger partial charge >= 0.3 is 0 Å². The van der Waals surface area contributed by atoms with Crippen molar-refractivity contribution in [2.75, 3.05) is 6.61 Å². The lowest BCUT2D eigenvalue weighted by molar-refractivity contribution is -0.787. The van der Waals surface area contributed by atoms with Crippen LogP contribution in [-0.4, -0.2) is 11.9 Å². The maximum atomic E-state index is 7.45. The van der Waals surface area contributed by atoms with E-state index in [0.29, 0.717) is 6.61 Å². The van der Waals surface area contributed by atoms with Gasteiger partial charge in [-0.15, -0.1) is 0 Å². The predicted octanol–water partition coefficient (Wildman–Crippen LogP) is 0.544. The van der Waals surface area contributed by atoms with Crippen LogP contribution in [0, 0.1) is 0 Å². The summed E-state index contributed by atoms with van der Waals surface area (Å²) in [4.78, 5) is 4.26. The topological polar surface area (TPSA) is 75.6 Å². The van der Waals surface area contributed by atoms with Gasteiger partial charge in [0.15, 0.2) is 0 Å². The van der Waals surface area contributed by atoms with Crippen LogP contribution in [0.15, 0.2) is 0 Å². The van der Waals surface area contributed by atoms with E-state index < -0.39 is 0 Å². The molecule has 62 valence electrons. The van der Waals surface area contributed by atoms with Gasteiger partial charge in [0.1, 0.15) is 0 Å². The summed E-state index contributed by atoms with van der Waals surface area (Å²) >= 11 is 0. The second-order valence-corrected chi connectivity index (χ2v) is 1.17. The first-order chi connectivity index (χ1) is 4.91. The zero-order chi connectivity index (χ0) is 7.66. The Kier molecular flexibility index (Phi) is 8.48. The number of rotatable bonds is 7. The van der Waals surface area contributed by atoms with Gasteiger partial charge in [0.25, 0.3) is 0 Å². The van der Waals surface area contributed by atoms with Crippen LogP contribution in [0.4, 0.5) is 0 Å². The molecule has 10 heavy (non-hydrogen) atoms. The third-order valence-electron chi connectivity index (χ3n) is 0.449. The Labute approximate surface area is 56.5 Å². The molecule has 7 nitrogen and oxygen atoms in total. The highest BCUT2D eigenvalue weighted by molar-refractivity contribution is 4.13. The molecule has 0 amide bonds. The predicted molar refractivity (Wildman–Crippen MR) is 24.3 cm³/mol. The molecule has 0 aromatic carbocycles. The van der Waals surface area contributed by atoms with Crippen molar-refractivity contribution >= 4 is 0 Å². The minimum Gasteiger partial charge on any atom is -0.219 e. The van der Waals surface area contributed by atoms with E-state index in [2.05, 4.69) is 30.1 Å². The molecular weight excluding hydrogens is 148 g/mol. The molecule has 0 aliphatic heterocycles. The highest BCUT2D eigenvalue weighted by atomic mass is 17.9. The lowest BCUT2D eigenvalue weighted by Gasteiger charge is -1.96. The van der Waals surface area contributed by atoms with E-state index in [-0.39, 0.29) is 0 Å². The van der Waals surface area contributed by atoms with Crippen molar-refractivity contribution in [2.45, 2.75) is 13.3 Å². The zero-order valence-electron chi connectivity index (χ0n) is 5.31. The molecule has 0 rings (SSSR count). The van der Waals surface area contributed by atoms with Crippen LogP contribution >= 0.6 is 0 Å². The molecular formula is C3H8O7. The van der Waals surface area contributed by atoms with Gasteiger partial charge in [0, 0.05) is 0 Å². The van der Waals surface area contributed by atoms with Crippen LogP contribution in [0.1, 0.15) is 13.3 Å². The summed E-state index contributed by atoms with van der Waals surface area (Å²) in [6.07, 6.45) is 0.765. The van der Waals surface area contributed by atoms with Crippen LogP contribution in [0.3, 0.4) is 0 Å². The van der Waals surface area contributed by atoms with Gasteiger partial charge in [-0.25, -0.2) is 10.1 Å². The molecule has 0 fully saturated rings. The second-order valence-electron chi connectivity index (χ2n) is 1.17.